The van der Waals surface area contributed by atoms with Crippen LogP contribution in [0.25, 0.3) is 0 Å². The number of amides is 1. The Morgan fingerprint density at radius 2 is 1.97 bits per heavy atom. The van der Waals surface area contributed by atoms with Gasteiger partial charge in [0.25, 0.3) is 5.91 Å². The van der Waals surface area contributed by atoms with Crippen LogP contribution in [0.1, 0.15) is 52.7 Å². The van der Waals surface area contributed by atoms with Crippen molar-refractivity contribution in [3.05, 3.63) is 69.9 Å². The first-order valence-corrected chi connectivity index (χ1v) is 12.8. The molecule has 1 aliphatic rings. The average Bonchev–Trinajstić information content (AvgIpc) is 3.40. The summed E-state index contributed by atoms with van der Waals surface area (Å²) < 4.78 is 33.1. The van der Waals surface area contributed by atoms with Gasteiger partial charge in [0.1, 0.15) is 4.88 Å². The van der Waals surface area contributed by atoms with Crippen LogP contribution in [-0.4, -0.2) is 53.6 Å². The van der Waals surface area contributed by atoms with Gasteiger partial charge in [-0.25, -0.2) is 4.79 Å². The summed E-state index contributed by atoms with van der Waals surface area (Å²) in [7, 11) is 1.32. The summed E-state index contributed by atoms with van der Waals surface area (Å²) in [6, 6.07) is 12.9. The van der Waals surface area contributed by atoms with E-state index in [-0.39, 0.29) is 12.5 Å². The third-order valence-electron chi connectivity index (χ3n) is 6.39. The number of thiophene rings is 1. The summed E-state index contributed by atoms with van der Waals surface area (Å²) in [6.07, 6.45) is 5.47. The van der Waals surface area contributed by atoms with Crippen molar-refractivity contribution in [1.29, 1.82) is 0 Å². The third-order valence-corrected chi connectivity index (χ3v) is 7.52. The number of benzene rings is 1. The van der Waals surface area contributed by atoms with E-state index in [1.54, 1.807) is 18.2 Å². The highest BCUT2D eigenvalue weighted by Crippen LogP contribution is 2.34. The Balaban J connectivity index is 1.51. The molecule has 0 bridgehead atoms. The Morgan fingerprint density at radius 1 is 1.23 bits per heavy atom. The molecule has 1 aromatic heterocycles. The van der Waals surface area contributed by atoms with Crippen LogP contribution in [0.4, 0.5) is 8.78 Å². The molecule has 190 valence electrons. The van der Waals surface area contributed by atoms with E-state index in [1.807, 2.05) is 31.2 Å². The molecule has 5 nitrogen and oxygen atoms in total. The summed E-state index contributed by atoms with van der Waals surface area (Å²) in [5.74, 6) is -5.00. The largest absolute Gasteiger partial charge is 0.465 e. The Hall–Kier alpha value is -2.58. The molecule has 1 N–H and O–H groups in total. The lowest BCUT2D eigenvalue weighted by atomic mass is 9.95. The van der Waals surface area contributed by atoms with Crippen LogP contribution in [0.2, 0.25) is 0 Å². The molecule has 1 saturated heterocycles. The first kappa shape index (κ1) is 27.0. The monoisotopic (exact) mass is 505 g/mol. The van der Waals surface area contributed by atoms with Gasteiger partial charge in [-0.3, -0.25) is 4.79 Å². The van der Waals surface area contributed by atoms with E-state index in [0.717, 1.165) is 24.1 Å². The Bertz CT molecular complexity index is 1010. The summed E-state index contributed by atoms with van der Waals surface area (Å²) in [5, 5.41) is 10.5. The Morgan fingerprint density at radius 3 is 2.69 bits per heavy atom. The number of halogens is 2. The summed E-state index contributed by atoms with van der Waals surface area (Å²) in [6.45, 7) is 2.12. The van der Waals surface area contributed by atoms with Crippen molar-refractivity contribution >= 4 is 23.2 Å². The van der Waals surface area contributed by atoms with Gasteiger partial charge in [0.05, 0.1) is 19.3 Å². The van der Waals surface area contributed by atoms with Gasteiger partial charge in [-0.1, -0.05) is 49.4 Å². The molecule has 0 radical (unpaired) electrons. The molecule has 1 aliphatic heterocycles. The third kappa shape index (κ3) is 7.45. The minimum absolute atomic E-state index is 0.0242. The van der Waals surface area contributed by atoms with Gasteiger partial charge in [-0.15, -0.1) is 11.3 Å². The van der Waals surface area contributed by atoms with E-state index < -0.39 is 36.4 Å². The molecule has 1 aromatic carbocycles. The van der Waals surface area contributed by atoms with E-state index in [0.29, 0.717) is 17.7 Å². The van der Waals surface area contributed by atoms with Crippen LogP contribution < -0.4 is 0 Å². The molecule has 2 unspecified atom stereocenters. The van der Waals surface area contributed by atoms with E-state index in [9.17, 15) is 23.5 Å². The first-order valence-electron chi connectivity index (χ1n) is 12.0. The van der Waals surface area contributed by atoms with Crippen LogP contribution in [0.15, 0.2) is 54.6 Å². The van der Waals surface area contributed by atoms with Gasteiger partial charge in [-0.05, 0) is 55.7 Å². The number of hydrogen-bond donors (Lipinski definition) is 1. The predicted molar refractivity (Wildman–Crippen MR) is 133 cm³/mol. The lowest BCUT2D eigenvalue weighted by Gasteiger charge is -2.22. The van der Waals surface area contributed by atoms with Crippen molar-refractivity contribution in [1.82, 2.24) is 4.90 Å². The normalized spacial score (nSPS) is 19.3. The van der Waals surface area contributed by atoms with Crippen LogP contribution in [-0.2, 0) is 22.4 Å². The van der Waals surface area contributed by atoms with Crippen LogP contribution in [0.5, 0.6) is 0 Å². The quantitative estimate of drug-likeness (QED) is 0.315. The molecule has 0 saturated carbocycles. The molecule has 3 rings (SSSR count). The number of likely N-dealkylation sites (tertiary alicyclic amines) is 1. The fraction of sp³-hybridized carbons (Fsp3) is 0.481. The highest BCUT2D eigenvalue weighted by molar-refractivity contribution is 7.13. The molecule has 1 fully saturated rings. The molecular formula is C27H33F2NO4S. The summed E-state index contributed by atoms with van der Waals surface area (Å²) in [4.78, 5) is 26.5. The fourth-order valence-corrected chi connectivity index (χ4v) is 5.25. The average molecular weight is 506 g/mol. The van der Waals surface area contributed by atoms with Crippen LogP contribution >= 0.6 is 11.3 Å². The minimum Gasteiger partial charge on any atom is -0.465 e. The fourth-order valence-electron chi connectivity index (χ4n) is 4.28. The second-order valence-electron chi connectivity index (χ2n) is 9.07. The number of nitrogens with zero attached hydrogens (tertiary/aromatic N) is 1. The Kier molecular flexibility index (Phi) is 9.57. The first-order chi connectivity index (χ1) is 16.7. The number of hydrogen-bond acceptors (Lipinski definition) is 5. The lowest BCUT2D eigenvalue weighted by molar-refractivity contribution is -0.148. The number of carbonyl (C=O) groups is 2. The van der Waals surface area contributed by atoms with E-state index in [2.05, 4.69) is 12.1 Å². The SMILES string of the molecule is COC(=O)c1ccc(CCCN2C(=O)C(F)(F)CC2C=CC(O)[C@@H](C)CCCc2ccccc2)s1. The molecule has 2 heterocycles. The molecule has 35 heavy (non-hydrogen) atoms. The predicted octanol–water partition coefficient (Wildman–Crippen LogP) is 5.28. The van der Waals surface area contributed by atoms with Gasteiger partial charge in [0.15, 0.2) is 0 Å². The van der Waals surface area contributed by atoms with Gasteiger partial charge < -0.3 is 14.7 Å². The highest BCUT2D eigenvalue weighted by Gasteiger charge is 2.52. The second kappa shape index (κ2) is 12.4. The van der Waals surface area contributed by atoms with Crippen molar-refractivity contribution in [2.45, 2.75) is 63.5 Å². The molecule has 0 spiro atoms. The highest BCUT2D eigenvalue weighted by atomic mass is 32.1. The van der Waals surface area contributed by atoms with Crippen molar-refractivity contribution in [3.8, 4) is 0 Å². The molecular weight excluding hydrogens is 472 g/mol. The van der Waals surface area contributed by atoms with E-state index in [1.165, 1.54) is 28.9 Å². The zero-order chi connectivity index (χ0) is 25.4. The van der Waals surface area contributed by atoms with Crippen molar-refractivity contribution in [3.63, 3.8) is 0 Å². The summed E-state index contributed by atoms with van der Waals surface area (Å²) >= 11 is 1.30. The van der Waals surface area contributed by atoms with Crippen molar-refractivity contribution in [2.24, 2.45) is 5.92 Å². The number of aliphatic hydroxyl groups is 1. The van der Waals surface area contributed by atoms with E-state index in [4.69, 9.17) is 4.74 Å². The molecule has 0 aliphatic carbocycles. The maximum Gasteiger partial charge on any atom is 0.348 e. The Labute approximate surface area is 209 Å². The van der Waals surface area contributed by atoms with Gasteiger partial charge in [0.2, 0.25) is 0 Å². The topological polar surface area (TPSA) is 66.8 Å². The smallest absolute Gasteiger partial charge is 0.348 e. The number of rotatable bonds is 12. The second-order valence-corrected chi connectivity index (χ2v) is 10.2. The molecule has 2 aromatic rings. The van der Waals surface area contributed by atoms with Crippen molar-refractivity contribution in [2.75, 3.05) is 13.7 Å². The molecule has 3 atom stereocenters. The van der Waals surface area contributed by atoms with Crippen molar-refractivity contribution < 1.29 is 28.2 Å². The number of aryl methyl sites for hydroxylation is 2. The number of alkyl halides is 2. The van der Waals surface area contributed by atoms with Gasteiger partial charge in [-0.2, -0.15) is 8.78 Å². The minimum atomic E-state index is -3.40. The number of methoxy groups -OCH3 is 1. The molecule has 1 amide bonds. The van der Waals surface area contributed by atoms with Crippen LogP contribution in [0, 0.1) is 5.92 Å². The number of esters is 1. The van der Waals surface area contributed by atoms with Gasteiger partial charge in [0, 0.05) is 17.8 Å². The number of ether oxygens (including phenoxy) is 1. The number of aliphatic hydroxyl groups excluding tert-OH is 1. The zero-order valence-corrected chi connectivity index (χ0v) is 21.0. The standard InChI is InChI=1S/C27H33F2NO4S/c1-19(8-6-11-20-9-4-3-5-10-20)23(31)15-13-21-18-27(28,29)26(33)30(21)17-7-12-22-14-16-24(35-22)25(32)34-2/h3-5,9-10,13-16,19,21,23,31H,6-8,11-12,17-18H2,1-2H3/t19-,21?,23?/m0/s1. The van der Waals surface area contributed by atoms with Crippen LogP contribution in [0.3, 0.4) is 0 Å². The van der Waals surface area contributed by atoms with E-state index >= 15 is 0 Å². The lowest BCUT2D eigenvalue weighted by Crippen LogP contribution is -2.36. The maximum absolute atomic E-state index is 14.2. The zero-order valence-electron chi connectivity index (χ0n) is 20.2. The molecule has 8 heteroatoms. The maximum atomic E-state index is 14.2. The summed E-state index contributed by atoms with van der Waals surface area (Å²) in [5.41, 5.74) is 1.25. The number of carbonyl (C=O) groups excluding carboxylic acids is 2. The van der Waals surface area contributed by atoms with Gasteiger partial charge >= 0.3 is 11.9 Å².